The molecule has 0 bridgehead atoms. The Hall–Kier alpha value is -2.47. The molecule has 1 aromatic rings. The monoisotopic (exact) mass is 241 g/mol. The molecule has 0 spiro atoms. The van der Waals surface area contributed by atoms with E-state index in [1.54, 1.807) is 19.1 Å². The summed E-state index contributed by atoms with van der Waals surface area (Å²) in [6.07, 6.45) is 8.53. The van der Waals surface area contributed by atoms with Crippen molar-refractivity contribution in [3.05, 3.63) is 59.3 Å². The molecule has 0 amide bonds. The summed E-state index contributed by atoms with van der Waals surface area (Å²) in [6, 6.07) is 9.36. The van der Waals surface area contributed by atoms with Crippen molar-refractivity contribution in [1.29, 1.82) is 0 Å². The lowest BCUT2D eigenvalue weighted by atomic mass is 10.2. The molecule has 18 heavy (non-hydrogen) atoms. The van der Waals surface area contributed by atoms with Crippen molar-refractivity contribution < 1.29 is 9.53 Å². The number of ether oxygens (including phenoxy) is 1. The van der Waals surface area contributed by atoms with Crippen molar-refractivity contribution in [2.75, 3.05) is 0 Å². The summed E-state index contributed by atoms with van der Waals surface area (Å²) in [4.78, 5) is 11.7. The number of nitrogens with two attached hydrogens (primary N) is 1. The molecule has 0 saturated heterocycles. The standard InChI is InChI=1S/C15H15NO2/c1-3-8-14(16)13(4-2)15(17)18-11-12-9-6-5-7-10-12/h2-3,5-10H,11,16H2,1H3/b8-3-,14-13-. The Bertz CT molecular complexity index is 507. The second kappa shape index (κ2) is 6.97. The van der Waals surface area contributed by atoms with Crippen molar-refractivity contribution in [1.82, 2.24) is 0 Å². The van der Waals surface area contributed by atoms with Gasteiger partial charge in [-0.25, -0.2) is 4.79 Å². The number of terminal acetylenes is 1. The van der Waals surface area contributed by atoms with Gasteiger partial charge in [0.1, 0.15) is 12.2 Å². The van der Waals surface area contributed by atoms with E-state index in [4.69, 9.17) is 16.9 Å². The molecule has 0 saturated carbocycles. The first-order valence-electron chi connectivity index (χ1n) is 5.49. The molecule has 0 aromatic heterocycles. The van der Waals surface area contributed by atoms with Crippen molar-refractivity contribution >= 4 is 5.97 Å². The fourth-order valence-corrected chi connectivity index (χ4v) is 1.32. The van der Waals surface area contributed by atoms with Gasteiger partial charge in [0.05, 0.1) is 5.70 Å². The molecular formula is C15H15NO2. The SMILES string of the molecule is C#C/C(C(=O)OCc1ccccc1)=C(N)\C=C/C. The van der Waals surface area contributed by atoms with Crippen LogP contribution in [0.4, 0.5) is 0 Å². The van der Waals surface area contributed by atoms with Crippen LogP contribution in [0, 0.1) is 12.3 Å². The summed E-state index contributed by atoms with van der Waals surface area (Å²) >= 11 is 0. The lowest BCUT2D eigenvalue weighted by molar-refractivity contribution is -0.139. The molecule has 1 rings (SSSR count). The molecule has 0 aliphatic rings. The summed E-state index contributed by atoms with van der Waals surface area (Å²) < 4.78 is 5.10. The van der Waals surface area contributed by atoms with Crippen LogP contribution in [0.2, 0.25) is 0 Å². The van der Waals surface area contributed by atoms with Crippen LogP contribution in [0.15, 0.2) is 53.8 Å². The molecule has 2 N–H and O–H groups in total. The zero-order valence-corrected chi connectivity index (χ0v) is 10.2. The van der Waals surface area contributed by atoms with Gasteiger partial charge in [-0.2, -0.15) is 0 Å². The Balaban J connectivity index is 2.71. The Kier molecular flexibility index (Phi) is 5.27. The van der Waals surface area contributed by atoms with Gasteiger partial charge < -0.3 is 10.5 Å². The van der Waals surface area contributed by atoms with Gasteiger partial charge in [-0.05, 0) is 18.6 Å². The van der Waals surface area contributed by atoms with Crippen LogP contribution in [0.25, 0.3) is 0 Å². The van der Waals surface area contributed by atoms with Gasteiger partial charge in [-0.3, -0.25) is 0 Å². The summed E-state index contributed by atoms with van der Waals surface area (Å²) in [5.74, 6) is 1.67. The maximum atomic E-state index is 11.7. The average Bonchev–Trinajstić information content (AvgIpc) is 2.39. The molecule has 0 unspecified atom stereocenters. The van der Waals surface area contributed by atoms with E-state index in [-0.39, 0.29) is 17.9 Å². The number of hydrogen-bond donors (Lipinski definition) is 1. The van der Waals surface area contributed by atoms with Gasteiger partial charge in [-0.1, -0.05) is 42.3 Å². The lowest BCUT2D eigenvalue weighted by Crippen LogP contribution is -2.12. The van der Waals surface area contributed by atoms with Crippen LogP contribution in [-0.2, 0) is 16.1 Å². The highest BCUT2D eigenvalue weighted by Crippen LogP contribution is 2.06. The summed E-state index contributed by atoms with van der Waals surface area (Å²) in [5.41, 5.74) is 6.83. The van der Waals surface area contributed by atoms with Crippen molar-refractivity contribution in [2.24, 2.45) is 5.73 Å². The number of allylic oxidation sites excluding steroid dienone is 2. The third kappa shape index (κ3) is 3.84. The molecule has 1 aromatic carbocycles. The number of carbonyl (C=O) groups is 1. The van der Waals surface area contributed by atoms with Gasteiger partial charge in [0.25, 0.3) is 0 Å². The fraction of sp³-hybridized carbons (Fsp3) is 0.133. The third-order valence-electron chi connectivity index (χ3n) is 2.20. The van der Waals surface area contributed by atoms with Gasteiger partial charge in [0, 0.05) is 0 Å². The number of rotatable bonds is 4. The average molecular weight is 241 g/mol. The van der Waals surface area contributed by atoms with Crippen molar-refractivity contribution in [2.45, 2.75) is 13.5 Å². The molecule has 0 heterocycles. The summed E-state index contributed by atoms with van der Waals surface area (Å²) in [6.45, 7) is 1.96. The molecule has 0 radical (unpaired) electrons. The first-order chi connectivity index (χ1) is 8.69. The molecule has 0 atom stereocenters. The molecule has 3 heteroatoms. The zero-order valence-electron chi connectivity index (χ0n) is 10.2. The molecule has 0 fully saturated rings. The van der Waals surface area contributed by atoms with Crippen LogP contribution in [0.3, 0.4) is 0 Å². The highest BCUT2D eigenvalue weighted by molar-refractivity contribution is 5.94. The number of esters is 1. The minimum Gasteiger partial charge on any atom is -0.457 e. The predicted molar refractivity (Wildman–Crippen MR) is 71.1 cm³/mol. The lowest BCUT2D eigenvalue weighted by Gasteiger charge is -2.05. The number of carbonyl (C=O) groups excluding carboxylic acids is 1. The van der Waals surface area contributed by atoms with E-state index in [1.165, 1.54) is 0 Å². The van der Waals surface area contributed by atoms with Crippen LogP contribution in [0.5, 0.6) is 0 Å². The molecule has 92 valence electrons. The number of hydrogen-bond acceptors (Lipinski definition) is 3. The topological polar surface area (TPSA) is 52.3 Å². The molecule has 0 aliphatic carbocycles. The highest BCUT2D eigenvalue weighted by Gasteiger charge is 2.11. The minimum absolute atomic E-state index is 0.0454. The van der Waals surface area contributed by atoms with Crippen LogP contribution >= 0.6 is 0 Å². The maximum Gasteiger partial charge on any atom is 0.349 e. The van der Waals surface area contributed by atoms with E-state index >= 15 is 0 Å². The first-order valence-corrected chi connectivity index (χ1v) is 5.49. The molecule has 3 nitrogen and oxygen atoms in total. The second-order valence-electron chi connectivity index (χ2n) is 3.54. The summed E-state index contributed by atoms with van der Waals surface area (Å²) in [5, 5.41) is 0. The zero-order chi connectivity index (χ0) is 13.4. The second-order valence-corrected chi connectivity index (χ2v) is 3.54. The Labute approximate surface area is 107 Å². The first kappa shape index (κ1) is 13.6. The Morgan fingerprint density at radius 2 is 2.11 bits per heavy atom. The molecular weight excluding hydrogens is 226 g/mol. The maximum absolute atomic E-state index is 11.7. The van der Waals surface area contributed by atoms with Gasteiger partial charge in [0.15, 0.2) is 0 Å². The highest BCUT2D eigenvalue weighted by atomic mass is 16.5. The third-order valence-corrected chi connectivity index (χ3v) is 2.20. The molecule has 0 aliphatic heterocycles. The van der Waals surface area contributed by atoms with Crippen LogP contribution < -0.4 is 5.73 Å². The van der Waals surface area contributed by atoms with Crippen LogP contribution in [0.1, 0.15) is 12.5 Å². The predicted octanol–water partition coefficient (Wildman–Crippen LogP) is 2.15. The van der Waals surface area contributed by atoms with Gasteiger partial charge in [0.2, 0.25) is 0 Å². The summed E-state index contributed by atoms with van der Waals surface area (Å²) in [7, 11) is 0. The van der Waals surface area contributed by atoms with Gasteiger partial charge in [-0.15, -0.1) is 6.42 Å². The smallest absolute Gasteiger partial charge is 0.349 e. The number of benzene rings is 1. The quantitative estimate of drug-likeness (QED) is 0.380. The van der Waals surface area contributed by atoms with E-state index in [2.05, 4.69) is 5.92 Å². The van der Waals surface area contributed by atoms with E-state index < -0.39 is 5.97 Å². The Morgan fingerprint density at radius 1 is 1.44 bits per heavy atom. The normalized spacial score (nSPS) is 11.8. The van der Waals surface area contributed by atoms with E-state index in [0.29, 0.717) is 0 Å². The van der Waals surface area contributed by atoms with Crippen molar-refractivity contribution in [3.63, 3.8) is 0 Å². The minimum atomic E-state index is -0.586. The van der Waals surface area contributed by atoms with Crippen molar-refractivity contribution in [3.8, 4) is 12.3 Å². The van der Waals surface area contributed by atoms with Crippen LogP contribution in [-0.4, -0.2) is 5.97 Å². The van der Waals surface area contributed by atoms with E-state index in [1.807, 2.05) is 30.3 Å². The van der Waals surface area contributed by atoms with E-state index in [9.17, 15) is 4.79 Å². The fourth-order valence-electron chi connectivity index (χ4n) is 1.32. The van der Waals surface area contributed by atoms with Gasteiger partial charge >= 0.3 is 5.97 Å². The Morgan fingerprint density at radius 3 is 2.67 bits per heavy atom. The van der Waals surface area contributed by atoms with E-state index in [0.717, 1.165) is 5.56 Å². The largest absolute Gasteiger partial charge is 0.457 e.